The molecule has 0 amide bonds. The van der Waals surface area contributed by atoms with Crippen molar-refractivity contribution in [3.05, 3.63) is 30.1 Å². The zero-order chi connectivity index (χ0) is 13.1. The Balaban J connectivity index is 2.44. The molecule has 0 saturated heterocycles. The molecule has 2 aromatic rings. The van der Waals surface area contributed by atoms with Crippen molar-refractivity contribution in [3.63, 3.8) is 0 Å². The molecule has 98 valence electrons. The summed E-state index contributed by atoms with van der Waals surface area (Å²) in [6, 6.07) is 6.11. The van der Waals surface area contributed by atoms with E-state index in [4.69, 9.17) is 4.98 Å². The van der Waals surface area contributed by atoms with Crippen LogP contribution in [0.5, 0.6) is 0 Å². The standard InChI is InChI=1S/C14H22N4/c1-11(2)10-17(4)14-12(9-15-3)18-8-6-5-7-13(18)16-14/h5-8,11,15H,9-10H2,1-4H3. The average Bonchev–Trinajstić information content (AvgIpc) is 2.68. The van der Waals surface area contributed by atoms with Crippen molar-refractivity contribution in [2.75, 3.05) is 25.5 Å². The number of nitrogens with one attached hydrogen (secondary N) is 1. The van der Waals surface area contributed by atoms with Gasteiger partial charge >= 0.3 is 0 Å². The number of pyridine rings is 1. The van der Waals surface area contributed by atoms with E-state index in [9.17, 15) is 0 Å². The van der Waals surface area contributed by atoms with Gasteiger partial charge in [-0.1, -0.05) is 19.9 Å². The molecule has 0 radical (unpaired) electrons. The Labute approximate surface area is 109 Å². The first-order valence-electron chi connectivity index (χ1n) is 6.45. The fourth-order valence-electron chi connectivity index (χ4n) is 2.31. The maximum absolute atomic E-state index is 4.73. The van der Waals surface area contributed by atoms with Gasteiger partial charge in [0.2, 0.25) is 0 Å². The number of hydrogen-bond acceptors (Lipinski definition) is 3. The first-order chi connectivity index (χ1) is 8.63. The van der Waals surface area contributed by atoms with Gasteiger partial charge < -0.3 is 14.6 Å². The van der Waals surface area contributed by atoms with Crippen molar-refractivity contribution in [3.8, 4) is 0 Å². The van der Waals surface area contributed by atoms with Crippen LogP contribution in [-0.2, 0) is 6.54 Å². The average molecular weight is 246 g/mol. The van der Waals surface area contributed by atoms with Crippen molar-refractivity contribution in [2.24, 2.45) is 5.92 Å². The van der Waals surface area contributed by atoms with Crippen molar-refractivity contribution in [2.45, 2.75) is 20.4 Å². The van der Waals surface area contributed by atoms with Gasteiger partial charge in [-0.15, -0.1) is 0 Å². The minimum Gasteiger partial charge on any atom is -0.358 e. The van der Waals surface area contributed by atoms with Crippen molar-refractivity contribution >= 4 is 11.5 Å². The molecule has 0 saturated carbocycles. The van der Waals surface area contributed by atoms with E-state index in [1.807, 2.05) is 25.2 Å². The van der Waals surface area contributed by atoms with E-state index in [-0.39, 0.29) is 0 Å². The third kappa shape index (κ3) is 2.48. The largest absolute Gasteiger partial charge is 0.358 e. The molecule has 0 unspecified atom stereocenters. The van der Waals surface area contributed by atoms with Crippen molar-refractivity contribution in [1.29, 1.82) is 0 Å². The highest BCUT2D eigenvalue weighted by molar-refractivity contribution is 5.55. The van der Waals surface area contributed by atoms with Crippen LogP contribution in [0, 0.1) is 5.92 Å². The summed E-state index contributed by atoms with van der Waals surface area (Å²) in [5, 5.41) is 3.22. The second kappa shape index (κ2) is 5.40. The molecule has 0 aliphatic rings. The minimum absolute atomic E-state index is 0.627. The van der Waals surface area contributed by atoms with E-state index in [1.165, 1.54) is 5.69 Å². The number of rotatable bonds is 5. The molecule has 0 bridgehead atoms. The van der Waals surface area contributed by atoms with Crippen LogP contribution in [0.25, 0.3) is 5.65 Å². The van der Waals surface area contributed by atoms with Crippen LogP contribution >= 0.6 is 0 Å². The third-order valence-corrected chi connectivity index (χ3v) is 2.95. The molecule has 0 aromatic carbocycles. The molecule has 0 spiro atoms. The predicted molar refractivity (Wildman–Crippen MR) is 76.1 cm³/mol. The fraction of sp³-hybridized carbons (Fsp3) is 0.500. The number of aromatic nitrogens is 2. The van der Waals surface area contributed by atoms with Gasteiger partial charge in [0, 0.05) is 26.3 Å². The van der Waals surface area contributed by atoms with Crippen LogP contribution in [0.4, 0.5) is 5.82 Å². The summed E-state index contributed by atoms with van der Waals surface area (Å²) in [6.45, 7) is 6.29. The van der Waals surface area contributed by atoms with E-state index < -0.39 is 0 Å². The van der Waals surface area contributed by atoms with Crippen LogP contribution in [0.3, 0.4) is 0 Å². The molecule has 0 atom stereocenters. The van der Waals surface area contributed by atoms with Crippen LogP contribution in [0.1, 0.15) is 19.5 Å². The van der Waals surface area contributed by atoms with E-state index in [2.05, 4.69) is 41.7 Å². The minimum atomic E-state index is 0.627. The maximum Gasteiger partial charge on any atom is 0.152 e. The van der Waals surface area contributed by atoms with E-state index >= 15 is 0 Å². The van der Waals surface area contributed by atoms with E-state index in [1.54, 1.807) is 0 Å². The second-order valence-electron chi connectivity index (χ2n) is 5.12. The predicted octanol–water partition coefficient (Wildman–Crippen LogP) is 2.15. The Kier molecular flexibility index (Phi) is 3.87. The summed E-state index contributed by atoms with van der Waals surface area (Å²) in [4.78, 5) is 6.97. The lowest BCUT2D eigenvalue weighted by atomic mass is 10.2. The lowest BCUT2D eigenvalue weighted by molar-refractivity contribution is 0.632. The Morgan fingerprint density at radius 1 is 1.39 bits per heavy atom. The van der Waals surface area contributed by atoms with Gasteiger partial charge in [0.1, 0.15) is 5.65 Å². The van der Waals surface area contributed by atoms with Gasteiger partial charge in [0.15, 0.2) is 5.82 Å². The third-order valence-electron chi connectivity index (χ3n) is 2.95. The molecule has 2 heterocycles. The Morgan fingerprint density at radius 3 is 2.83 bits per heavy atom. The molecule has 4 nitrogen and oxygen atoms in total. The zero-order valence-corrected chi connectivity index (χ0v) is 11.6. The number of imidazole rings is 1. The summed E-state index contributed by atoms with van der Waals surface area (Å²) < 4.78 is 2.16. The monoisotopic (exact) mass is 246 g/mol. The van der Waals surface area contributed by atoms with Gasteiger partial charge in [0.05, 0.1) is 5.69 Å². The molecule has 4 heteroatoms. The summed E-state index contributed by atoms with van der Waals surface area (Å²) in [5.41, 5.74) is 2.23. The normalized spacial score (nSPS) is 11.4. The van der Waals surface area contributed by atoms with E-state index in [0.717, 1.165) is 24.6 Å². The lowest BCUT2D eigenvalue weighted by Gasteiger charge is -2.20. The molecular weight excluding hydrogens is 224 g/mol. The van der Waals surface area contributed by atoms with Crippen LogP contribution < -0.4 is 10.2 Å². The summed E-state index contributed by atoms with van der Waals surface area (Å²) in [7, 11) is 4.08. The first-order valence-corrected chi connectivity index (χ1v) is 6.45. The highest BCUT2D eigenvalue weighted by Gasteiger charge is 2.15. The van der Waals surface area contributed by atoms with Crippen molar-refractivity contribution < 1.29 is 0 Å². The highest BCUT2D eigenvalue weighted by atomic mass is 15.2. The van der Waals surface area contributed by atoms with Crippen LogP contribution in [-0.4, -0.2) is 30.0 Å². The Bertz CT molecular complexity index is 515. The molecule has 2 aromatic heterocycles. The number of fused-ring (bicyclic) bond motifs is 1. The SMILES string of the molecule is CNCc1c(N(C)CC(C)C)nc2ccccn12. The lowest BCUT2D eigenvalue weighted by Crippen LogP contribution is -2.24. The fourth-order valence-corrected chi connectivity index (χ4v) is 2.31. The van der Waals surface area contributed by atoms with Gasteiger partial charge in [-0.3, -0.25) is 0 Å². The van der Waals surface area contributed by atoms with Crippen LogP contribution in [0.2, 0.25) is 0 Å². The summed E-state index contributed by atoms with van der Waals surface area (Å²) >= 11 is 0. The number of anilines is 1. The van der Waals surface area contributed by atoms with E-state index in [0.29, 0.717) is 5.92 Å². The van der Waals surface area contributed by atoms with Gasteiger partial charge in [-0.05, 0) is 25.1 Å². The molecule has 2 rings (SSSR count). The second-order valence-corrected chi connectivity index (χ2v) is 5.12. The zero-order valence-electron chi connectivity index (χ0n) is 11.6. The first kappa shape index (κ1) is 12.9. The van der Waals surface area contributed by atoms with Gasteiger partial charge in [-0.2, -0.15) is 0 Å². The maximum atomic E-state index is 4.73. The molecule has 0 aliphatic heterocycles. The van der Waals surface area contributed by atoms with Gasteiger partial charge in [0.25, 0.3) is 0 Å². The molecule has 0 fully saturated rings. The smallest absolute Gasteiger partial charge is 0.152 e. The quantitative estimate of drug-likeness (QED) is 0.877. The molecule has 1 N–H and O–H groups in total. The van der Waals surface area contributed by atoms with Gasteiger partial charge in [-0.25, -0.2) is 4.98 Å². The highest BCUT2D eigenvalue weighted by Crippen LogP contribution is 2.21. The molecule has 18 heavy (non-hydrogen) atoms. The Hall–Kier alpha value is -1.55. The van der Waals surface area contributed by atoms with Crippen molar-refractivity contribution in [1.82, 2.24) is 14.7 Å². The topological polar surface area (TPSA) is 32.6 Å². The molecular formula is C14H22N4. The number of nitrogens with zero attached hydrogens (tertiary/aromatic N) is 3. The molecule has 0 aliphatic carbocycles. The summed E-state index contributed by atoms with van der Waals surface area (Å²) in [6.07, 6.45) is 2.07. The summed E-state index contributed by atoms with van der Waals surface area (Å²) in [5.74, 6) is 1.70. The Morgan fingerprint density at radius 2 is 2.17 bits per heavy atom. The number of hydrogen-bond donors (Lipinski definition) is 1. The van der Waals surface area contributed by atoms with Crippen LogP contribution in [0.15, 0.2) is 24.4 Å².